The fourth-order valence-corrected chi connectivity index (χ4v) is 1.80. The van der Waals surface area contributed by atoms with Crippen molar-refractivity contribution in [1.29, 1.82) is 0 Å². The van der Waals surface area contributed by atoms with E-state index in [1.54, 1.807) is 30.4 Å². The van der Waals surface area contributed by atoms with Crippen molar-refractivity contribution in [3.05, 3.63) is 18.6 Å². The SMILES string of the molecule is C#CCNCC(C)Sc1cnccn1. The highest BCUT2D eigenvalue weighted by molar-refractivity contribution is 7.99. The van der Waals surface area contributed by atoms with Crippen molar-refractivity contribution in [2.45, 2.75) is 17.2 Å². The standard InChI is InChI=1S/C10H13N3S/c1-3-4-11-7-9(2)14-10-8-12-5-6-13-10/h1,5-6,8-9,11H,4,7H2,2H3. The molecule has 0 saturated carbocycles. The molecule has 1 atom stereocenters. The lowest BCUT2D eigenvalue weighted by molar-refractivity contribution is 0.747. The monoisotopic (exact) mass is 207 g/mol. The van der Waals surface area contributed by atoms with Crippen molar-refractivity contribution < 1.29 is 0 Å². The zero-order valence-corrected chi connectivity index (χ0v) is 8.92. The Bertz CT molecular complexity index is 294. The fraction of sp³-hybridized carbons (Fsp3) is 0.400. The average molecular weight is 207 g/mol. The first-order chi connectivity index (χ1) is 6.83. The topological polar surface area (TPSA) is 37.8 Å². The molecule has 0 radical (unpaired) electrons. The molecule has 3 nitrogen and oxygen atoms in total. The van der Waals surface area contributed by atoms with E-state index in [0.717, 1.165) is 11.6 Å². The van der Waals surface area contributed by atoms with Crippen molar-refractivity contribution >= 4 is 11.8 Å². The van der Waals surface area contributed by atoms with E-state index in [9.17, 15) is 0 Å². The van der Waals surface area contributed by atoms with E-state index in [4.69, 9.17) is 6.42 Å². The second kappa shape index (κ2) is 6.41. The maximum atomic E-state index is 5.13. The molecule has 1 rings (SSSR count). The van der Waals surface area contributed by atoms with Gasteiger partial charge in [0.15, 0.2) is 0 Å². The number of nitrogens with one attached hydrogen (secondary N) is 1. The Kier molecular flexibility index (Phi) is 5.05. The summed E-state index contributed by atoms with van der Waals surface area (Å²) < 4.78 is 0. The highest BCUT2D eigenvalue weighted by atomic mass is 32.2. The van der Waals surface area contributed by atoms with Crippen LogP contribution in [0.25, 0.3) is 0 Å². The minimum absolute atomic E-state index is 0.444. The third kappa shape index (κ3) is 4.26. The predicted molar refractivity (Wildman–Crippen MR) is 59.1 cm³/mol. The Hall–Kier alpha value is -1.05. The van der Waals surface area contributed by atoms with E-state index < -0.39 is 0 Å². The molecule has 0 spiro atoms. The Morgan fingerprint density at radius 1 is 1.64 bits per heavy atom. The van der Waals surface area contributed by atoms with Crippen molar-refractivity contribution in [2.75, 3.05) is 13.1 Å². The maximum Gasteiger partial charge on any atom is 0.115 e. The average Bonchev–Trinajstić information content (AvgIpc) is 2.20. The van der Waals surface area contributed by atoms with Gasteiger partial charge < -0.3 is 5.32 Å². The van der Waals surface area contributed by atoms with E-state index >= 15 is 0 Å². The highest BCUT2D eigenvalue weighted by Gasteiger charge is 2.03. The number of thioether (sulfide) groups is 1. The Morgan fingerprint density at radius 3 is 3.14 bits per heavy atom. The molecular formula is C10H13N3S. The maximum absolute atomic E-state index is 5.13. The quantitative estimate of drug-likeness (QED) is 0.447. The van der Waals surface area contributed by atoms with Crippen LogP contribution in [0, 0.1) is 12.3 Å². The van der Waals surface area contributed by atoms with Crippen molar-refractivity contribution in [1.82, 2.24) is 15.3 Å². The van der Waals surface area contributed by atoms with E-state index in [1.807, 2.05) is 0 Å². The lowest BCUT2D eigenvalue weighted by Gasteiger charge is -2.09. The summed E-state index contributed by atoms with van der Waals surface area (Å²) in [5, 5.41) is 4.54. The summed E-state index contributed by atoms with van der Waals surface area (Å²) in [5.41, 5.74) is 0. The van der Waals surface area contributed by atoms with Crippen molar-refractivity contribution in [3.63, 3.8) is 0 Å². The normalized spacial score (nSPS) is 12.0. The molecule has 0 bridgehead atoms. The molecule has 1 unspecified atom stereocenters. The molecule has 0 fully saturated rings. The molecule has 0 amide bonds. The van der Waals surface area contributed by atoms with Crippen LogP contribution in [-0.2, 0) is 0 Å². The van der Waals surface area contributed by atoms with Gasteiger partial charge in [-0.1, -0.05) is 12.8 Å². The number of hydrogen-bond donors (Lipinski definition) is 1. The number of rotatable bonds is 5. The molecule has 1 N–H and O–H groups in total. The first kappa shape index (κ1) is 11.0. The highest BCUT2D eigenvalue weighted by Crippen LogP contribution is 2.18. The predicted octanol–water partition coefficient (Wildman–Crippen LogP) is 1.18. The fourth-order valence-electron chi connectivity index (χ4n) is 0.942. The Labute approximate surface area is 88.7 Å². The van der Waals surface area contributed by atoms with Crippen LogP contribution in [-0.4, -0.2) is 28.3 Å². The number of aromatic nitrogens is 2. The smallest absolute Gasteiger partial charge is 0.115 e. The summed E-state index contributed by atoms with van der Waals surface area (Å²) in [6.45, 7) is 3.62. The van der Waals surface area contributed by atoms with Gasteiger partial charge in [-0.3, -0.25) is 4.98 Å². The van der Waals surface area contributed by atoms with Gasteiger partial charge in [0.2, 0.25) is 0 Å². The summed E-state index contributed by atoms with van der Waals surface area (Å²) in [6, 6.07) is 0. The minimum Gasteiger partial charge on any atom is -0.305 e. The van der Waals surface area contributed by atoms with Gasteiger partial charge >= 0.3 is 0 Å². The third-order valence-corrected chi connectivity index (χ3v) is 2.54. The van der Waals surface area contributed by atoms with Gasteiger partial charge in [-0.05, 0) is 0 Å². The first-order valence-corrected chi connectivity index (χ1v) is 5.27. The number of terminal acetylenes is 1. The van der Waals surface area contributed by atoms with Crippen LogP contribution in [0.4, 0.5) is 0 Å². The molecule has 0 aliphatic heterocycles. The zero-order valence-electron chi connectivity index (χ0n) is 8.10. The second-order valence-corrected chi connectivity index (χ2v) is 4.27. The van der Waals surface area contributed by atoms with Crippen LogP contribution in [0.5, 0.6) is 0 Å². The molecule has 4 heteroatoms. The molecule has 0 aromatic carbocycles. The van der Waals surface area contributed by atoms with Crippen LogP contribution in [0.1, 0.15) is 6.92 Å². The van der Waals surface area contributed by atoms with E-state index in [1.165, 1.54) is 0 Å². The molecular weight excluding hydrogens is 194 g/mol. The van der Waals surface area contributed by atoms with Gasteiger partial charge in [0.25, 0.3) is 0 Å². The van der Waals surface area contributed by atoms with Gasteiger partial charge in [-0.15, -0.1) is 18.2 Å². The molecule has 1 heterocycles. The Balaban J connectivity index is 2.28. The zero-order chi connectivity index (χ0) is 10.2. The largest absolute Gasteiger partial charge is 0.305 e. The van der Waals surface area contributed by atoms with Crippen LogP contribution in [0.3, 0.4) is 0 Å². The van der Waals surface area contributed by atoms with Gasteiger partial charge in [-0.2, -0.15) is 0 Å². The first-order valence-electron chi connectivity index (χ1n) is 4.39. The molecule has 74 valence electrons. The van der Waals surface area contributed by atoms with Gasteiger partial charge in [0, 0.05) is 24.2 Å². The summed E-state index contributed by atoms with van der Waals surface area (Å²) in [7, 11) is 0. The van der Waals surface area contributed by atoms with E-state index in [2.05, 4.69) is 28.1 Å². The van der Waals surface area contributed by atoms with E-state index in [-0.39, 0.29) is 0 Å². The molecule has 0 aliphatic rings. The van der Waals surface area contributed by atoms with Crippen LogP contribution in [0.2, 0.25) is 0 Å². The molecule has 1 aromatic heterocycles. The minimum atomic E-state index is 0.444. The van der Waals surface area contributed by atoms with Gasteiger partial charge in [-0.25, -0.2) is 4.98 Å². The summed E-state index contributed by atoms with van der Waals surface area (Å²) in [4.78, 5) is 8.18. The van der Waals surface area contributed by atoms with Crippen LogP contribution in [0.15, 0.2) is 23.6 Å². The van der Waals surface area contributed by atoms with E-state index in [0.29, 0.717) is 11.8 Å². The molecule has 0 saturated heterocycles. The number of nitrogens with zero attached hydrogens (tertiary/aromatic N) is 2. The lowest BCUT2D eigenvalue weighted by Crippen LogP contribution is -2.22. The molecule has 0 aliphatic carbocycles. The third-order valence-electron chi connectivity index (χ3n) is 1.52. The summed E-state index contributed by atoms with van der Waals surface area (Å²) in [5.74, 6) is 2.54. The summed E-state index contributed by atoms with van der Waals surface area (Å²) >= 11 is 1.69. The number of hydrogen-bond acceptors (Lipinski definition) is 4. The second-order valence-electron chi connectivity index (χ2n) is 2.81. The molecule has 1 aromatic rings. The molecule has 14 heavy (non-hydrogen) atoms. The lowest BCUT2D eigenvalue weighted by atomic mass is 10.4. The summed E-state index contributed by atoms with van der Waals surface area (Å²) in [6.07, 6.45) is 10.3. The van der Waals surface area contributed by atoms with Crippen molar-refractivity contribution in [2.24, 2.45) is 0 Å². The van der Waals surface area contributed by atoms with Crippen LogP contribution < -0.4 is 5.32 Å². The van der Waals surface area contributed by atoms with Gasteiger partial charge in [0.1, 0.15) is 5.03 Å². The van der Waals surface area contributed by atoms with Gasteiger partial charge in [0.05, 0.1) is 12.7 Å². The Morgan fingerprint density at radius 2 is 2.50 bits per heavy atom. The van der Waals surface area contributed by atoms with Crippen molar-refractivity contribution in [3.8, 4) is 12.3 Å². The van der Waals surface area contributed by atoms with Crippen LogP contribution >= 0.6 is 11.8 Å².